The van der Waals surface area contributed by atoms with E-state index in [2.05, 4.69) is 10.1 Å². The van der Waals surface area contributed by atoms with Gasteiger partial charge in [0, 0.05) is 24.3 Å². The van der Waals surface area contributed by atoms with E-state index in [1.807, 2.05) is 18.2 Å². The van der Waals surface area contributed by atoms with Gasteiger partial charge in [0.25, 0.3) is 10.1 Å². The van der Waals surface area contributed by atoms with Gasteiger partial charge in [-0.05, 0) is 54.8 Å². The van der Waals surface area contributed by atoms with E-state index in [1.165, 1.54) is 12.0 Å². The van der Waals surface area contributed by atoms with Gasteiger partial charge in [0.1, 0.15) is 0 Å². The van der Waals surface area contributed by atoms with Gasteiger partial charge in [-0.25, -0.2) is 4.79 Å². The van der Waals surface area contributed by atoms with Gasteiger partial charge in [-0.3, -0.25) is 13.9 Å². The van der Waals surface area contributed by atoms with Gasteiger partial charge in [0.2, 0.25) is 0 Å². The third-order valence-electron chi connectivity index (χ3n) is 4.43. The average molecular weight is 460 g/mol. The van der Waals surface area contributed by atoms with Gasteiger partial charge < -0.3 is 10.1 Å². The molecule has 0 aliphatic rings. The number of nitriles is 1. The van der Waals surface area contributed by atoms with Crippen LogP contribution >= 0.6 is 0 Å². The van der Waals surface area contributed by atoms with Crippen LogP contribution in [0.2, 0.25) is 0 Å². The lowest BCUT2D eigenvalue weighted by Gasteiger charge is -2.23. The summed E-state index contributed by atoms with van der Waals surface area (Å²) >= 11 is 0. The van der Waals surface area contributed by atoms with E-state index in [4.69, 9.17) is 9.44 Å². The van der Waals surface area contributed by atoms with E-state index >= 15 is 0 Å². The molecule has 0 unspecified atom stereocenters. The Bertz CT molecular complexity index is 1060. The third-order valence-corrected chi connectivity index (χ3v) is 5.02. The van der Waals surface area contributed by atoms with Crippen molar-refractivity contribution in [3.05, 3.63) is 59.7 Å². The fourth-order valence-electron chi connectivity index (χ4n) is 2.79. The molecule has 0 radical (unpaired) electrons. The number of urea groups is 1. The number of hydrogen-bond donors (Lipinski definition) is 1. The third kappa shape index (κ3) is 8.37. The van der Waals surface area contributed by atoms with Crippen molar-refractivity contribution >= 4 is 33.5 Å². The predicted molar refractivity (Wildman–Crippen MR) is 120 cm³/mol. The highest BCUT2D eigenvalue weighted by Crippen LogP contribution is 2.19. The molecule has 1 N–H and O–H groups in total. The topological polar surface area (TPSA) is 126 Å². The molecule has 0 aromatic heterocycles. The van der Waals surface area contributed by atoms with E-state index in [0.29, 0.717) is 23.4 Å². The highest BCUT2D eigenvalue weighted by molar-refractivity contribution is 7.85. The summed E-state index contributed by atoms with van der Waals surface area (Å²) < 4.78 is 31.7. The molecule has 0 spiro atoms. The second-order valence-corrected chi connectivity index (χ2v) is 8.54. The summed E-state index contributed by atoms with van der Waals surface area (Å²) in [5.74, 6) is -0.302. The maximum Gasteiger partial charge on any atom is 0.326 e. The van der Waals surface area contributed by atoms with Crippen LogP contribution in [0, 0.1) is 11.3 Å². The van der Waals surface area contributed by atoms with Crippen LogP contribution < -0.4 is 10.2 Å². The number of esters is 1. The summed E-state index contributed by atoms with van der Waals surface area (Å²) in [6.45, 7) is 0.149. The Hall–Kier alpha value is -3.42. The smallest absolute Gasteiger partial charge is 0.326 e. The van der Waals surface area contributed by atoms with E-state index < -0.39 is 16.1 Å². The van der Waals surface area contributed by atoms with Crippen LogP contribution in [0.5, 0.6) is 0 Å². The van der Waals surface area contributed by atoms with Crippen LogP contribution in [-0.4, -0.2) is 46.9 Å². The number of nitrogens with zero attached hydrogens (tertiary/aromatic N) is 2. The lowest BCUT2D eigenvalue weighted by atomic mass is 10.1. The molecular weight excluding hydrogens is 434 g/mol. The lowest BCUT2D eigenvalue weighted by Crippen LogP contribution is -2.36. The number of nitrogens with one attached hydrogen (secondary N) is 1. The summed E-state index contributed by atoms with van der Waals surface area (Å²) in [5.41, 5.74) is 2.49. The number of rotatable bonds is 10. The molecule has 170 valence electrons. The number of ether oxygens (including phenoxy) is 1. The normalized spacial score (nSPS) is 10.8. The Kier molecular flexibility index (Phi) is 9.19. The van der Waals surface area contributed by atoms with Crippen molar-refractivity contribution in [2.75, 3.05) is 36.7 Å². The number of aryl methyl sites for hydroxylation is 1. The second kappa shape index (κ2) is 11.8. The second-order valence-electron chi connectivity index (χ2n) is 6.89. The summed E-state index contributed by atoms with van der Waals surface area (Å²) in [6, 6.07) is 15.2. The molecule has 0 aliphatic heterocycles. The Morgan fingerprint density at radius 1 is 1.09 bits per heavy atom. The summed E-state index contributed by atoms with van der Waals surface area (Å²) in [7, 11) is -2.23. The molecule has 2 rings (SSSR count). The van der Waals surface area contributed by atoms with Gasteiger partial charge in [-0.15, -0.1) is 0 Å². The van der Waals surface area contributed by atoms with Crippen molar-refractivity contribution < 1.29 is 26.9 Å². The van der Waals surface area contributed by atoms with Crippen molar-refractivity contribution in [2.24, 2.45) is 0 Å². The maximum absolute atomic E-state index is 12.9. The summed E-state index contributed by atoms with van der Waals surface area (Å²) in [5, 5.41) is 11.7. The minimum Gasteiger partial charge on any atom is -0.469 e. The number of methoxy groups -OCH3 is 1. The van der Waals surface area contributed by atoms with Crippen molar-refractivity contribution in [3.63, 3.8) is 0 Å². The quantitative estimate of drug-likeness (QED) is 0.329. The first-order valence-corrected chi connectivity index (χ1v) is 11.6. The molecule has 32 heavy (non-hydrogen) atoms. The van der Waals surface area contributed by atoms with E-state index in [1.54, 1.807) is 36.4 Å². The molecule has 0 fully saturated rings. The highest BCUT2D eigenvalue weighted by atomic mass is 32.2. The van der Waals surface area contributed by atoms with Crippen LogP contribution in [0.3, 0.4) is 0 Å². The minimum atomic E-state index is -3.57. The Balaban J connectivity index is 2.12. The molecule has 2 aromatic rings. The standard InChI is InChI=1S/C22H25N3O6S/c1-30-21(26)13-8-17-6-11-20(12-7-17)25(14-3-15-31-32(2,28)29)22(27)24-19-9-4-18(16-23)5-10-19/h4-7,9-12H,3,8,13-15H2,1-2H3,(H,24,27). The van der Waals surface area contributed by atoms with Crippen LogP contribution in [-0.2, 0) is 30.3 Å². The Morgan fingerprint density at radius 2 is 1.75 bits per heavy atom. The van der Waals surface area contributed by atoms with E-state index in [9.17, 15) is 18.0 Å². The zero-order valence-corrected chi connectivity index (χ0v) is 18.7. The first-order chi connectivity index (χ1) is 15.2. The van der Waals surface area contributed by atoms with Gasteiger partial charge in [-0.1, -0.05) is 12.1 Å². The van der Waals surface area contributed by atoms with Gasteiger partial charge in [0.15, 0.2) is 0 Å². The van der Waals surface area contributed by atoms with Crippen LogP contribution in [0.1, 0.15) is 24.0 Å². The maximum atomic E-state index is 12.9. The molecule has 0 atom stereocenters. The van der Waals surface area contributed by atoms with Crippen molar-refractivity contribution in [1.82, 2.24) is 0 Å². The molecule has 2 amide bonds. The number of carbonyl (C=O) groups excluding carboxylic acids is 2. The van der Waals surface area contributed by atoms with E-state index in [0.717, 1.165) is 11.8 Å². The molecule has 0 heterocycles. The van der Waals surface area contributed by atoms with Crippen molar-refractivity contribution in [3.8, 4) is 6.07 Å². The number of amides is 2. The largest absolute Gasteiger partial charge is 0.469 e. The molecule has 0 aliphatic carbocycles. The van der Waals surface area contributed by atoms with Crippen molar-refractivity contribution in [1.29, 1.82) is 5.26 Å². The first kappa shape index (κ1) is 24.8. The number of hydrogen-bond acceptors (Lipinski definition) is 7. The summed E-state index contributed by atoms with van der Waals surface area (Å²) in [6.07, 6.45) is 2.02. The van der Waals surface area contributed by atoms with Crippen LogP contribution in [0.4, 0.5) is 16.2 Å². The number of anilines is 2. The molecule has 10 heteroatoms. The number of carbonyl (C=O) groups is 2. The molecule has 2 aromatic carbocycles. The lowest BCUT2D eigenvalue weighted by molar-refractivity contribution is -0.140. The molecular formula is C22H25N3O6S. The van der Waals surface area contributed by atoms with Gasteiger partial charge in [0.05, 0.1) is 31.6 Å². The fraction of sp³-hybridized carbons (Fsp3) is 0.318. The highest BCUT2D eigenvalue weighted by Gasteiger charge is 2.17. The van der Waals surface area contributed by atoms with Crippen LogP contribution in [0.15, 0.2) is 48.5 Å². The monoisotopic (exact) mass is 459 g/mol. The molecule has 0 bridgehead atoms. The fourth-order valence-corrected chi connectivity index (χ4v) is 3.21. The van der Waals surface area contributed by atoms with Gasteiger partial charge in [-0.2, -0.15) is 13.7 Å². The number of benzene rings is 2. The first-order valence-electron chi connectivity index (χ1n) is 9.80. The molecule has 9 nitrogen and oxygen atoms in total. The molecule has 0 saturated heterocycles. The Morgan fingerprint density at radius 3 is 2.31 bits per heavy atom. The van der Waals surface area contributed by atoms with Crippen molar-refractivity contribution in [2.45, 2.75) is 19.3 Å². The zero-order valence-electron chi connectivity index (χ0n) is 17.9. The minimum absolute atomic E-state index is 0.0588. The predicted octanol–water partition coefficient (Wildman–Crippen LogP) is 3.07. The average Bonchev–Trinajstić information content (AvgIpc) is 2.77. The Labute approximate surface area is 187 Å². The molecule has 0 saturated carbocycles. The zero-order chi connectivity index (χ0) is 23.6. The SMILES string of the molecule is COC(=O)CCc1ccc(N(CCCOS(C)(=O)=O)C(=O)Nc2ccc(C#N)cc2)cc1. The van der Waals surface area contributed by atoms with Gasteiger partial charge >= 0.3 is 12.0 Å². The summed E-state index contributed by atoms with van der Waals surface area (Å²) in [4.78, 5) is 25.7. The van der Waals surface area contributed by atoms with Crippen LogP contribution in [0.25, 0.3) is 0 Å². The van der Waals surface area contributed by atoms with E-state index in [-0.39, 0.29) is 32.0 Å².